The van der Waals surface area contributed by atoms with Gasteiger partial charge in [0.1, 0.15) is 0 Å². The van der Waals surface area contributed by atoms with Crippen LogP contribution in [0.25, 0.3) is 0 Å². The average molecular weight is 292 g/mol. The van der Waals surface area contributed by atoms with Crippen LogP contribution in [0.5, 0.6) is 0 Å². The summed E-state index contributed by atoms with van der Waals surface area (Å²) in [5, 5.41) is 2.65. The molecule has 0 bridgehead atoms. The number of carbonyl (C=O) groups excluding carboxylic acids is 3. The molecule has 1 rings (SSSR count). The monoisotopic (exact) mass is 291 g/mol. The molecule has 0 spiro atoms. The normalized spacial score (nSPS) is 17.2. The molecule has 6 nitrogen and oxygen atoms in total. The van der Waals surface area contributed by atoms with Crippen molar-refractivity contribution < 1.29 is 14.4 Å². The van der Waals surface area contributed by atoms with Gasteiger partial charge < -0.3 is 11.1 Å². The summed E-state index contributed by atoms with van der Waals surface area (Å²) in [6.07, 6.45) is 0.544. The fourth-order valence-corrected chi connectivity index (χ4v) is 1.67. The van der Waals surface area contributed by atoms with Crippen molar-refractivity contribution >= 4 is 30.1 Å². The highest BCUT2D eigenvalue weighted by Crippen LogP contribution is 2.17. The molecule has 1 saturated heterocycles. The van der Waals surface area contributed by atoms with Crippen LogP contribution in [-0.2, 0) is 14.4 Å². The van der Waals surface area contributed by atoms with Crippen molar-refractivity contribution in [1.29, 1.82) is 0 Å². The van der Waals surface area contributed by atoms with E-state index < -0.39 is 6.04 Å². The van der Waals surface area contributed by atoms with Crippen LogP contribution in [0.1, 0.15) is 33.6 Å². The summed E-state index contributed by atoms with van der Waals surface area (Å²) in [5.41, 5.74) is 5.47. The molecule has 19 heavy (non-hydrogen) atoms. The second-order valence-corrected chi connectivity index (χ2v) is 5.57. The van der Waals surface area contributed by atoms with E-state index in [1.807, 2.05) is 20.8 Å². The number of nitrogens with two attached hydrogens (primary N) is 1. The maximum absolute atomic E-state index is 11.7. The maximum atomic E-state index is 11.7. The SMILES string of the molecule is CC(C)(C)[C@H](N)C(=O)NCCN1C(=O)CCC1=O.Cl. The van der Waals surface area contributed by atoms with Gasteiger partial charge in [-0.25, -0.2) is 0 Å². The number of imide groups is 1. The van der Waals surface area contributed by atoms with Gasteiger partial charge in [0, 0.05) is 25.9 Å². The molecular weight excluding hydrogens is 270 g/mol. The van der Waals surface area contributed by atoms with Gasteiger partial charge in [0.2, 0.25) is 17.7 Å². The molecule has 1 fully saturated rings. The zero-order valence-corrected chi connectivity index (χ0v) is 12.4. The summed E-state index contributed by atoms with van der Waals surface area (Å²) in [4.78, 5) is 35.5. The van der Waals surface area contributed by atoms with Crippen molar-refractivity contribution in [3.05, 3.63) is 0 Å². The van der Waals surface area contributed by atoms with Crippen LogP contribution in [0.2, 0.25) is 0 Å². The molecule has 0 aromatic carbocycles. The summed E-state index contributed by atoms with van der Waals surface area (Å²) < 4.78 is 0. The quantitative estimate of drug-likeness (QED) is 0.716. The number of rotatable bonds is 4. The molecule has 0 aromatic heterocycles. The topological polar surface area (TPSA) is 92.5 Å². The van der Waals surface area contributed by atoms with Crippen molar-refractivity contribution in [2.45, 2.75) is 39.7 Å². The summed E-state index contributed by atoms with van der Waals surface area (Å²) >= 11 is 0. The molecule has 0 radical (unpaired) electrons. The molecule has 110 valence electrons. The number of carbonyl (C=O) groups is 3. The second kappa shape index (κ2) is 6.86. The Hall–Kier alpha value is -1.14. The minimum Gasteiger partial charge on any atom is -0.353 e. The van der Waals surface area contributed by atoms with Gasteiger partial charge in [0.15, 0.2) is 0 Å². The smallest absolute Gasteiger partial charge is 0.237 e. The van der Waals surface area contributed by atoms with E-state index in [1.54, 1.807) is 0 Å². The molecule has 0 saturated carbocycles. The lowest BCUT2D eigenvalue weighted by molar-refractivity contribution is -0.138. The lowest BCUT2D eigenvalue weighted by Gasteiger charge is -2.26. The van der Waals surface area contributed by atoms with E-state index in [9.17, 15) is 14.4 Å². The Morgan fingerprint density at radius 3 is 2.21 bits per heavy atom. The number of halogens is 1. The molecule has 1 aliphatic rings. The molecule has 3 amide bonds. The molecule has 1 atom stereocenters. The molecule has 7 heteroatoms. The third kappa shape index (κ3) is 4.80. The average Bonchev–Trinajstić information content (AvgIpc) is 2.57. The summed E-state index contributed by atoms with van der Waals surface area (Å²) in [7, 11) is 0. The fraction of sp³-hybridized carbons (Fsp3) is 0.750. The number of nitrogens with one attached hydrogen (secondary N) is 1. The highest BCUT2D eigenvalue weighted by molar-refractivity contribution is 6.01. The van der Waals surface area contributed by atoms with Gasteiger partial charge in [-0.1, -0.05) is 20.8 Å². The van der Waals surface area contributed by atoms with Crippen LogP contribution in [0.4, 0.5) is 0 Å². The number of hydrogen-bond acceptors (Lipinski definition) is 4. The Balaban J connectivity index is 0.00000324. The van der Waals surface area contributed by atoms with E-state index in [0.717, 1.165) is 0 Å². The van der Waals surface area contributed by atoms with Crippen molar-refractivity contribution in [2.75, 3.05) is 13.1 Å². The highest BCUT2D eigenvalue weighted by Gasteiger charge is 2.30. The van der Waals surface area contributed by atoms with Gasteiger partial charge in [-0.3, -0.25) is 19.3 Å². The predicted molar refractivity (Wildman–Crippen MR) is 73.6 cm³/mol. The minimum atomic E-state index is -0.609. The van der Waals surface area contributed by atoms with Crippen LogP contribution in [0.3, 0.4) is 0 Å². The first kappa shape index (κ1) is 17.9. The zero-order valence-electron chi connectivity index (χ0n) is 11.6. The molecule has 3 N–H and O–H groups in total. The zero-order chi connectivity index (χ0) is 13.9. The first-order chi connectivity index (χ1) is 8.23. The van der Waals surface area contributed by atoms with Crippen molar-refractivity contribution in [1.82, 2.24) is 10.2 Å². The van der Waals surface area contributed by atoms with E-state index in [4.69, 9.17) is 5.73 Å². The summed E-state index contributed by atoms with van der Waals surface area (Å²) in [6.45, 7) is 6.11. The molecule has 0 aromatic rings. The van der Waals surface area contributed by atoms with E-state index >= 15 is 0 Å². The van der Waals surface area contributed by atoms with E-state index in [0.29, 0.717) is 0 Å². The fourth-order valence-electron chi connectivity index (χ4n) is 1.67. The van der Waals surface area contributed by atoms with Gasteiger partial charge in [-0.05, 0) is 5.41 Å². The van der Waals surface area contributed by atoms with Crippen molar-refractivity contribution in [3.8, 4) is 0 Å². The summed E-state index contributed by atoms with van der Waals surface area (Å²) in [5.74, 6) is -0.606. The number of likely N-dealkylation sites (tertiary alicyclic amines) is 1. The van der Waals surface area contributed by atoms with Gasteiger partial charge in [-0.15, -0.1) is 12.4 Å². The van der Waals surface area contributed by atoms with Gasteiger partial charge in [0.25, 0.3) is 0 Å². The maximum Gasteiger partial charge on any atom is 0.237 e. The Bertz CT molecular complexity index is 350. The third-order valence-electron chi connectivity index (χ3n) is 3.00. The van der Waals surface area contributed by atoms with Crippen molar-refractivity contribution in [3.63, 3.8) is 0 Å². The Morgan fingerprint density at radius 2 is 1.79 bits per heavy atom. The third-order valence-corrected chi connectivity index (χ3v) is 3.00. The standard InChI is InChI=1S/C12H21N3O3.ClH/c1-12(2,3)10(13)11(18)14-6-7-15-8(16)4-5-9(15)17;/h10H,4-7,13H2,1-3H3,(H,14,18);1H/t10-;/m1./s1. The summed E-state index contributed by atoms with van der Waals surface area (Å²) in [6, 6.07) is -0.609. The Morgan fingerprint density at radius 1 is 1.32 bits per heavy atom. The van der Waals surface area contributed by atoms with Gasteiger partial charge in [0.05, 0.1) is 6.04 Å². The second-order valence-electron chi connectivity index (χ2n) is 5.57. The Labute approximate surface area is 119 Å². The lowest BCUT2D eigenvalue weighted by atomic mass is 9.87. The largest absolute Gasteiger partial charge is 0.353 e. The predicted octanol–water partition coefficient (Wildman–Crippen LogP) is 0.0468. The first-order valence-electron chi connectivity index (χ1n) is 6.10. The lowest BCUT2D eigenvalue weighted by Crippen LogP contribution is -2.50. The van der Waals surface area contributed by atoms with E-state index in [2.05, 4.69) is 5.32 Å². The van der Waals surface area contributed by atoms with Crippen LogP contribution < -0.4 is 11.1 Å². The van der Waals surface area contributed by atoms with Crippen LogP contribution in [0.15, 0.2) is 0 Å². The van der Waals surface area contributed by atoms with E-state index in [-0.39, 0.29) is 61.5 Å². The molecule has 0 unspecified atom stereocenters. The van der Waals surface area contributed by atoms with Gasteiger partial charge >= 0.3 is 0 Å². The van der Waals surface area contributed by atoms with Crippen LogP contribution in [0, 0.1) is 5.41 Å². The number of amides is 3. The molecule has 1 aliphatic heterocycles. The molecule has 1 heterocycles. The molecule has 0 aliphatic carbocycles. The number of hydrogen-bond donors (Lipinski definition) is 2. The van der Waals surface area contributed by atoms with Crippen LogP contribution in [-0.4, -0.2) is 41.8 Å². The number of nitrogens with zero attached hydrogens (tertiary/aromatic N) is 1. The Kier molecular flexibility index (Phi) is 6.45. The highest BCUT2D eigenvalue weighted by atomic mass is 35.5. The van der Waals surface area contributed by atoms with Gasteiger partial charge in [-0.2, -0.15) is 0 Å². The molecular formula is C12H22ClN3O3. The van der Waals surface area contributed by atoms with E-state index in [1.165, 1.54) is 4.90 Å². The van der Waals surface area contributed by atoms with Crippen molar-refractivity contribution in [2.24, 2.45) is 11.1 Å². The van der Waals surface area contributed by atoms with Crippen LogP contribution >= 0.6 is 12.4 Å². The first-order valence-corrected chi connectivity index (χ1v) is 6.10. The minimum absolute atomic E-state index is 0.